The van der Waals surface area contributed by atoms with Crippen LogP contribution in [0.5, 0.6) is 0 Å². The van der Waals surface area contributed by atoms with Crippen molar-refractivity contribution in [3.63, 3.8) is 0 Å². The van der Waals surface area contributed by atoms with Crippen LogP contribution in [0.1, 0.15) is 51.4 Å². The average molecular weight is 182 g/mol. The molecule has 2 aliphatic carbocycles. The van der Waals surface area contributed by atoms with Crippen molar-refractivity contribution in [1.82, 2.24) is 5.32 Å². The summed E-state index contributed by atoms with van der Waals surface area (Å²) in [4.78, 5) is 0. The average Bonchev–Trinajstić information content (AvgIpc) is 2.62. The Bertz CT molecular complexity index is 144. The van der Waals surface area contributed by atoms with Gasteiger partial charge in [0.15, 0.2) is 0 Å². The fourth-order valence-corrected chi connectivity index (χ4v) is 2.71. The topological polar surface area (TPSA) is 38.0 Å². The van der Waals surface area contributed by atoms with Gasteiger partial charge in [-0.1, -0.05) is 12.8 Å². The summed E-state index contributed by atoms with van der Waals surface area (Å²) in [6.07, 6.45) is 10.7. The lowest BCUT2D eigenvalue weighted by atomic mass is 9.91. The van der Waals surface area contributed by atoms with E-state index in [9.17, 15) is 0 Å². The molecule has 2 heteroatoms. The number of nitrogens with one attached hydrogen (secondary N) is 1. The maximum Gasteiger partial charge on any atom is 0.00708 e. The third-order valence-corrected chi connectivity index (χ3v) is 3.60. The Morgan fingerprint density at radius 3 is 1.92 bits per heavy atom. The predicted molar refractivity (Wildman–Crippen MR) is 55.6 cm³/mol. The van der Waals surface area contributed by atoms with E-state index in [1.165, 1.54) is 51.4 Å². The molecule has 0 aliphatic heterocycles. The van der Waals surface area contributed by atoms with Crippen LogP contribution >= 0.6 is 0 Å². The Labute approximate surface area is 81.3 Å². The van der Waals surface area contributed by atoms with E-state index < -0.39 is 0 Å². The zero-order valence-electron chi connectivity index (χ0n) is 8.47. The Hall–Kier alpha value is -0.0800. The highest BCUT2D eigenvalue weighted by Gasteiger charge is 2.22. The molecule has 0 amide bonds. The van der Waals surface area contributed by atoms with Gasteiger partial charge in [-0.05, 0) is 38.5 Å². The van der Waals surface area contributed by atoms with E-state index in [2.05, 4.69) is 5.32 Å². The second-order valence-corrected chi connectivity index (χ2v) is 4.76. The molecule has 0 aromatic rings. The summed E-state index contributed by atoms with van der Waals surface area (Å²) in [5, 5.41) is 3.78. The smallest absolute Gasteiger partial charge is 0.00708 e. The van der Waals surface area contributed by atoms with Crippen LogP contribution in [0.15, 0.2) is 0 Å². The Morgan fingerprint density at radius 1 is 0.769 bits per heavy atom. The number of nitrogens with two attached hydrogens (primary N) is 1. The maximum absolute atomic E-state index is 5.88. The molecule has 0 spiro atoms. The molecule has 0 radical (unpaired) electrons. The van der Waals surface area contributed by atoms with Crippen molar-refractivity contribution in [2.45, 2.75) is 69.5 Å². The van der Waals surface area contributed by atoms with Gasteiger partial charge in [0.05, 0.1) is 0 Å². The Balaban J connectivity index is 1.69. The highest BCUT2D eigenvalue weighted by molar-refractivity contribution is 4.83. The molecule has 2 fully saturated rings. The van der Waals surface area contributed by atoms with Gasteiger partial charge in [0.2, 0.25) is 0 Å². The minimum Gasteiger partial charge on any atom is -0.328 e. The van der Waals surface area contributed by atoms with Crippen LogP contribution in [0.3, 0.4) is 0 Å². The van der Waals surface area contributed by atoms with Gasteiger partial charge in [-0.3, -0.25) is 0 Å². The van der Waals surface area contributed by atoms with Crippen LogP contribution in [0.4, 0.5) is 0 Å². The van der Waals surface area contributed by atoms with Crippen LogP contribution < -0.4 is 11.1 Å². The largest absolute Gasteiger partial charge is 0.328 e. The standard InChI is InChI=1S/C11H22N2/c12-9-5-7-11(8-6-9)13-10-3-1-2-4-10/h9-11,13H,1-8,12H2. The summed E-state index contributed by atoms with van der Waals surface area (Å²) in [7, 11) is 0. The van der Waals surface area contributed by atoms with Gasteiger partial charge in [-0.2, -0.15) is 0 Å². The van der Waals surface area contributed by atoms with Crippen molar-refractivity contribution >= 4 is 0 Å². The molecular formula is C11H22N2. The van der Waals surface area contributed by atoms with Gasteiger partial charge in [0, 0.05) is 18.1 Å². The zero-order valence-corrected chi connectivity index (χ0v) is 8.47. The minimum atomic E-state index is 0.488. The molecule has 2 rings (SSSR count). The molecule has 0 aromatic carbocycles. The molecule has 76 valence electrons. The molecule has 0 atom stereocenters. The Morgan fingerprint density at radius 2 is 1.31 bits per heavy atom. The molecule has 0 heterocycles. The van der Waals surface area contributed by atoms with E-state index in [0.717, 1.165) is 12.1 Å². The summed E-state index contributed by atoms with van der Waals surface area (Å²) in [6.45, 7) is 0. The first-order valence-corrected chi connectivity index (χ1v) is 5.86. The van der Waals surface area contributed by atoms with Crippen molar-refractivity contribution < 1.29 is 0 Å². The monoisotopic (exact) mass is 182 g/mol. The van der Waals surface area contributed by atoms with Gasteiger partial charge < -0.3 is 11.1 Å². The van der Waals surface area contributed by atoms with Gasteiger partial charge in [-0.15, -0.1) is 0 Å². The van der Waals surface area contributed by atoms with Crippen molar-refractivity contribution in [2.24, 2.45) is 5.73 Å². The molecule has 2 saturated carbocycles. The SMILES string of the molecule is NC1CCC(NC2CCCC2)CC1. The van der Waals surface area contributed by atoms with Crippen LogP contribution in [-0.2, 0) is 0 Å². The summed E-state index contributed by atoms with van der Waals surface area (Å²) >= 11 is 0. The summed E-state index contributed by atoms with van der Waals surface area (Å²) in [5.74, 6) is 0. The van der Waals surface area contributed by atoms with Gasteiger partial charge >= 0.3 is 0 Å². The quantitative estimate of drug-likeness (QED) is 0.683. The van der Waals surface area contributed by atoms with Gasteiger partial charge in [-0.25, -0.2) is 0 Å². The molecule has 2 aliphatic rings. The van der Waals surface area contributed by atoms with Crippen LogP contribution in [0, 0.1) is 0 Å². The number of rotatable bonds is 2. The first-order chi connectivity index (χ1) is 6.34. The third-order valence-electron chi connectivity index (χ3n) is 3.60. The lowest BCUT2D eigenvalue weighted by Gasteiger charge is -2.29. The van der Waals surface area contributed by atoms with Crippen molar-refractivity contribution in [3.05, 3.63) is 0 Å². The molecule has 0 bridgehead atoms. The molecule has 13 heavy (non-hydrogen) atoms. The van der Waals surface area contributed by atoms with E-state index in [0.29, 0.717) is 6.04 Å². The zero-order chi connectivity index (χ0) is 9.10. The predicted octanol–water partition coefficient (Wildman–Crippen LogP) is 1.79. The van der Waals surface area contributed by atoms with Crippen LogP contribution in [-0.4, -0.2) is 18.1 Å². The highest BCUT2D eigenvalue weighted by atomic mass is 15.0. The van der Waals surface area contributed by atoms with Crippen LogP contribution in [0.25, 0.3) is 0 Å². The Kier molecular flexibility index (Phi) is 3.23. The molecule has 0 aromatic heterocycles. The van der Waals surface area contributed by atoms with Gasteiger partial charge in [0.1, 0.15) is 0 Å². The molecule has 0 unspecified atom stereocenters. The van der Waals surface area contributed by atoms with E-state index in [-0.39, 0.29) is 0 Å². The number of hydrogen-bond donors (Lipinski definition) is 2. The third kappa shape index (κ3) is 2.68. The lowest BCUT2D eigenvalue weighted by Crippen LogP contribution is -2.41. The number of hydrogen-bond acceptors (Lipinski definition) is 2. The molecule has 2 nitrogen and oxygen atoms in total. The first-order valence-electron chi connectivity index (χ1n) is 5.86. The van der Waals surface area contributed by atoms with Crippen molar-refractivity contribution in [3.8, 4) is 0 Å². The second kappa shape index (κ2) is 4.43. The fraction of sp³-hybridized carbons (Fsp3) is 1.00. The van der Waals surface area contributed by atoms with Crippen LogP contribution in [0.2, 0.25) is 0 Å². The van der Waals surface area contributed by atoms with E-state index in [4.69, 9.17) is 5.73 Å². The summed E-state index contributed by atoms with van der Waals surface area (Å²) in [6, 6.07) is 2.10. The minimum absolute atomic E-state index is 0.488. The van der Waals surface area contributed by atoms with Gasteiger partial charge in [0.25, 0.3) is 0 Å². The lowest BCUT2D eigenvalue weighted by molar-refractivity contribution is 0.315. The molecule has 3 N–H and O–H groups in total. The highest BCUT2D eigenvalue weighted by Crippen LogP contribution is 2.22. The normalized spacial score (nSPS) is 36.7. The van der Waals surface area contributed by atoms with Crippen molar-refractivity contribution in [2.75, 3.05) is 0 Å². The second-order valence-electron chi connectivity index (χ2n) is 4.76. The van der Waals surface area contributed by atoms with E-state index in [1.54, 1.807) is 0 Å². The molecular weight excluding hydrogens is 160 g/mol. The maximum atomic E-state index is 5.88. The van der Waals surface area contributed by atoms with E-state index >= 15 is 0 Å². The summed E-state index contributed by atoms with van der Waals surface area (Å²) < 4.78 is 0. The molecule has 0 saturated heterocycles. The van der Waals surface area contributed by atoms with E-state index in [1.807, 2.05) is 0 Å². The van der Waals surface area contributed by atoms with Crippen molar-refractivity contribution in [1.29, 1.82) is 0 Å². The fourth-order valence-electron chi connectivity index (χ4n) is 2.71. The summed E-state index contributed by atoms with van der Waals surface area (Å²) in [5.41, 5.74) is 5.88. The first kappa shape index (κ1) is 9.47.